The van der Waals surface area contributed by atoms with Crippen LogP contribution in [0, 0.1) is 12.8 Å². The average Bonchev–Trinajstić information content (AvgIpc) is 3.14. The second kappa shape index (κ2) is 8.53. The number of aryl methyl sites for hydroxylation is 1. The van der Waals surface area contributed by atoms with Gasteiger partial charge in [0.25, 0.3) is 0 Å². The van der Waals surface area contributed by atoms with Gasteiger partial charge in [-0.3, -0.25) is 0 Å². The Bertz CT molecular complexity index is 1040. The summed E-state index contributed by atoms with van der Waals surface area (Å²) in [4.78, 5) is 22.4. The number of nitrogens with zero attached hydrogens (tertiary/aromatic N) is 3. The molecule has 0 spiro atoms. The third kappa shape index (κ3) is 4.35. The van der Waals surface area contributed by atoms with E-state index in [2.05, 4.69) is 15.2 Å². The largest absolute Gasteiger partial charge is 0.507 e. The molecular formula is C21H23ClN4O3. The number of hydrogen-bond acceptors (Lipinski definition) is 5. The second-order valence-electron chi connectivity index (χ2n) is 7.20. The first-order chi connectivity index (χ1) is 13.5. The molecule has 1 aromatic heterocycles. The number of carbonyl (C=O) groups is 1. The third-order valence-corrected chi connectivity index (χ3v) is 5.10. The van der Waals surface area contributed by atoms with Gasteiger partial charge in [0.15, 0.2) is 5.82 Å². The number of rotatable bonds is 4. The van der Waals surface area contributed by atoms with Gasteiger partial charge >= 0.3 is 6.09 Å². The number of amides is 1. The number of anilines is 1. The van der Waals surface area contributed by atoms with Crippen LogP contribution in [-0.4, -0.2) is 45.9 Å². The van der Waals surface area contributed by atoms with E-state index in [1.165, 1.54) is 0 Å². The lowest BCUT2D eigenvalue weighted by Crippen LogP contribution is -2.30. The van der Waals surface area contributed by atoms with Crippen LogP contribution in [0.5, 0.6) is 5.75 Å². The van der Waals surface area contributed by atoms with Gasteiger partial charge in [0, 0.05) is 25.0 Å². The number of nitrogens with one attached hydrogen (secondary N) is 1. The molecule has 1 unspecified atom stereocenters. The van der Waals surface area contributed by atoms with E-state index in [1.807, 2.05) is 31.2 Å². The van der Waals surface area contributed by atoms with Crippen molar-refractivity contribution in [3.05, 3.63) is 48.0 Å². The number of carboxylic acid groups (broad SMARTS) is 1. The minimum atomic E-state index is -0.997. The summed E-state index contributed by atoms with van der Waals surface area (Å²) in [7, 11) is 0. The van der Waals surface area contributed by atoms with Crippen molar-refractivity contribution >= 4 is 35.2 Å². The molecule has 2 heterocycles. The lowest BCUT2D eigenvalue weighted by atomic mass is 10.1. The summed E-state index contributed by atoms with van der Waals surface area (Å²) in [5.41, 5.74) is 2.52. The Morgan fingerprint density at radius 2 is 2.03 bits per heavy atom. The Labute approximate surface area is 174 Å². The normalized spacial score (nSPS) is 15.9. The number of fused-ring (bicyclic) bond motifs is 1. The summed E-state index contributed by atoms with van der Waals surface area (Å²) in [5.74, 6) is 1.69. The number of phenols is 1. The SMILES string of the molecule is Cc1ccc2c(N3CCC(CNC(=O)O)C3)nc(-c3ccccc3O)nc2c1.Cl. The molecule has 4 rings (SSSR count). The topological polar surface area (TPSA) is 98.6 Å². The smallest absolute Gasteiger partial charge is 0.404 e. The molecule has 7 nitrogen and oxygen atoms in total. The number of benzene rings is 2. The van der Waals surface area contributed by atoms with Gasteiger partial charge < -0.3 is 20.4 Å². The van der Waals surface area contributed by atoms with Gasteiger partial charge in [-0.1, -0.05) is 18.2 Å². The average molecular weight is 415 g/mol. The summed E-state index contributed by atoms with van der Waals surface area (Å²) < 4.78 is 0. The fourth-order valence-electron chi connectivity index (χ4n) is 3.67. The van der Waals surface area contributed by atoms with Crippen molar-refractivity contribution in [3.63, 3.8) is 0 Å². The van der Waals surface area contributed by atoms with E-state index < -0.39 is 6.09 Å². The van der Waals surface area contributed by atoms with Gasteiger partial charge in [-0.05, 0) is 49.1 Å². The molecule has 1 atom stereocenters. The van der Waals surface area contributed by atoms with Crippen LogP contribution in [0.15, 0.2) is 42.5 Å². The van der Waals surface area contributed by atoms with Crippen molar-refractivity contribution in [1.82, 2.24) is 15.3 Å². The molecule has 1 amide bonds. The molecule has 3 aromatic rings. The van der Waals surface area contributed by atoms with Crippen molar-refractivity contribution in [2.45, 2.75) is 13.3 Å². The highest BCUT2D eigenvalue weighted by atomic mass is 35.5. The van der Waals surface area contributed by atoms with Crippen LogP contribution >= 0.6 is 12.4 Å². The Balaban J connectivity index is 0.00000240. The fraction of sp³-hybridized carbons (Fsp3) is 0.286. The molecule has 1 saturated heterocycles. The maximum Gasteiger partial charge on any atom is 0.404 e. The third-order valence-electron chi connectivity index (χ3n) is 5.10. The summed E-state index contributed by atoms with van der Waals surface area (Å²) >= 11 is 0. The van der Waals surface area contributed by atoms with Crippen LogP contribution in [0.4, 0.5) is 10.6 Å². The molecule has 0 radical (unpaired) electrons. The number of aromatic hydroxyl groups is 1. The number of hydrogen-bond donors (Lipinski definition) is 3. The molecule has 152 valence electrons. The van der Waals surface area contributed by atoms with Gasteiger partial charge in [0.2, 0.25) is 0 Å². The highest BCUT2D eigenvalue weighted by molar-refractivity contribution is 5.92. The van der Waals surface area contributed by atoms with Crippen molar-refractivity contribution < 1.29 is 15.0 Å². The molecule has 1 aliphatic rings. The van der Waals surface area contributed by atoms with Gasteiger partial charge in [-0.15, -0.1) is 12.4 Å². The van der Waals surface area contributed by atoms with Gasteiger partial charge in [-0.25, -0.2) is 14.8 Å². The Hall–Kier alpha value is -3.06. The van der Waals surface area contributed by atoms with E-state index in [-0.39, 0.29) is 24.1 Å². The van der Waals surface area contributed by atoms with Crippen LogP contribution in [0.1, 0.15) is 12.0 Å². The van der Waals surface area contributed by atoms with E-state index in [9.17, 15) is 9.90 Å². The number of halogens is 1. The van der Waals surface area contributed by atoms with E-state index >= 15 is 0 Å². The maximum absolute atomic E-state index is 10.8. The van der Waals surface area contributed by atoms with Crippen molar-refractivity contribution in [1.29, 1.82) is 0 Å². The molecule has 0 aliphatic carbocycles. The maximum atomic E-state index is 10.8. The molecule has 2 aromatic carbocycles. The predicted molar refractivity (Wildman–Crippen MR) is 115 cm³/mol. The van der Waals surface area contributed by atoms with Crippen molar-refractivity contribution in [3.8, 4) is 17.1 Å². The minimum absolute atomic E-state index is 0. The van der Waals surface area contributed by atoms with Crippen LogP contribution < -0.4 is 10.2 Å². The molecular weight excluding hydrogens is 392 g/mol. The lowest BCUT2D eigenvalue weighted by Gasteiger charge is -2.20. The standard InChI is InChI=1S/C21H22N4O3.ClH/c1-13-6-7-15-17(10-13)23-19(16-4-2-3-5-18(16)26)24-20(15)25-9-8-14(12-25)11-22-21(27)28;/h2-7,10,14,22,26H,8-9,11-12H2,1H3,(H,27,28);1H. The Kier molecular flexibility index (Phi) is 6.08. The number of para-hydroxylation sites is 1. The first-order valence-corrected chi connectivity index (χ1v) is 9.30. The second-order valence-corrected chi connectivity index (χ2v) is 7.20. The van der Waals surface area contributed by atoms with Crippen molar-refractivity contribution in [2.24, 2.45) is 5.92 Å². The zero-order valence-electron chi connectivity index (χ0n) is 16.0. The highest BCUT2D eigenvalue weighted by Crippen LogP contribution is 2.33. The van der Waals surface area contributed by atoms with Crippen LogP contribution in [0.2, 0.25) is 0 Å². The molecule has 3 N–H and O–H groups in total. The zero-order valence-corrected chi connectivity index (χ0v) is 16.8. The van der Waals surface area contributed by atoms with Gasteiger partial charge in [0.05, 0.1) is 11.1 Å². The summed E-state index contributed by atoms with van der Waals surface area (Å²) in [5, 5.41) is 22.5. The molecule has 0 bridgehead atoms. The number of aromatic nitrogens is 2. The lowest BCUT2D eigenvalue weighted by molar-refractivity contribution is 0.192. The summed E-state index contributed by atoms with van der Waals surface area (Å²) in [6.45, 7) is 3.97. The first-order valence-electron chi connectivity index (χ1n) is 9.30. The highest BCUT2D eigenvalue weighted by Gasteiger charge is 2.26. The molecule has 0 saturated carbocycles. The molecule has 29 heavy (non-hydrogen) atoms. The monoisotopic (exact) mass is 414 g/mol. The Morgan fingerprint density at radius 1 is 1.24 bits per heavy atom. The predicted octanol–water partition coefficient (Wildman–Crippen LogP) is 3.83. The van der Waals surface area contributed by atoms with Crippen LogP contribution in [-0.2, 0) is 0 Å². The van der Waals surface area contributed by atoms with E-state index in [4.69, 9.17) is 10.1 Å². The van der Waals surface area contributed by atoms with Crippen LogP contribution in [0.3, 0.4) is 0 Å². The van der Waals surface area contributed by atoms with Gasteiger partial charge in [0.1, 0.15) is 11.6 Å². The van der Waals surface area contributed by atoms with Crippen LogP contribution in [0.25, 0.3) is 22.3 Å². The molecule has 8 heteroatoms. The zero-order chi connectivity index (χ0) is 19.7. The summed E-state index contributed by atoms with van der Waals surface area (Å²) in [6.07, 6.45) is -0.105. The van der Waals surface area contributed by atoms with Gasteiger partial charge in [-0.2, -0.15) is 0 Å². The van der Waals surface area contributed by atoms with E-state index in [1.54, 1.807) is 18.2 Å². The molecule has 1 fully saturated rings. The molecule has 1 aliphatic heterocycles. The minimum Gasteiger partial charge on any atom is -0.507 e. The summed E-state index contributed by atoms with van der Waals surface area (Å²) in [6, 6.07) is 13.1. The quantitative estimate of drug-likeness (QED) is 0.600. The van der Waals surface area contributed by atoms with Crippen molar-refractivity contribution in [2.75, 3.05) is 24.5 Å². The Morgan fingerprint density at radius 3 is 2.79 bits per heavy atom. The van der Waals surface area contributed by atoms with E-state index in [0.29, 0.717) is 17.9 Å². The fourth-order valence-corrected chi connectivity index (χ4v) is 3.67. The van der Waals surface area contributed by atoms with E-state index in [0.717, 1.165) is 41.8 Å². The first kappa shape index (κ1) is 20.7. The number of phenolic OH excluding ortho intramolecular Hbond substituents is 1.